The van der Waals surface area contributed by atoms with Gasteiger partial charge in [-0.05, 0) is 43.7 Å². The van der Waals surface area contributed by atoms with Gasteiger partial charge in [0.25, 0.3) is 0 Å². The van der Waals surface area contributed by atoms with E-state index in [1.54, 1.807) is 0 Å². The fourth-order valence-electron chi connectivity index (χ4n) is 2.49. The molecule has 1 aliphatic carbocycles. The highest BCUT2D eigenvalue weighted by molar-refractivity contribution is 5.61. The number of aromatic nitrogens is 1. The molecule has 0 aromatic carbocycles. The summed E-state index contributed by atoms with van der Waals surface area (Å²) < 4.78 is 0. The zero-order valence-electron chi connectivity index (χ0n) is 10.4. The molecule has 1 fully saturated rings. The number of pyridine rings is 1. The van der Waals surface area contributed by atoms with Crippen molar-refractivity contribution in [2.24, 2.45) is 5.92 Å². The Labute approximate surface area is 103 Å². The number of nitrogens with zero attached hydrogens (tertiary/aromatic N) is 1. The van der Waals surface area contributed by atoms with E-state index in [1.807, 2.05) is 12.1 Å². The molecule has 4 heteroatoms. The molecule has 1 saturated carbocycles. The lowest BCUT2D eigenvalue weighted by Gasteiger charge is -2.28. The minimum atomic E-state index is 0.414. The summed E-state index contributed by atoms with van der Waals surface area (Å²) in [6, 6.07) is 4.24. The molecule has 0 saturated heterocycles. The summed E-state index contributed by atoms with van der Waals surface area (Å²) in [7, 11) is 0. The molecule has 17 heavy (non-hydrogen) atoms. The average molecular weight is 234 g/mol. The van der Waals surface area contributed by atoms with E-state index in [2.05, 4.69) is 17.2 Å². The van der Waals surface area contributed by atoms with Gasteiger partial charge >= 0.3 is 0 Å². The Kier molecular flexibility index (Phi) is 3.71. The van der Waals surface area contributed by atoms with Gasteiger partial charge in [-0.1, -0.05) is 13.3 Å². The standard InChI is InChI=1S/C13H22N4/c1-2-9-3-5-10(6-4-9)16-12-8-7-11(14)13(15)17-12/h7-10H,2-6,14H2,1H3,(H3,15,16,17). The molecule has 1 aliphatic rings. The number of hydrogen-bond acceptors (Lipinski definition) is 4. The second-order valence-corrected chi connectivity index (χ2v) is 4.94. The maximum absolute atomic E-state index is 5.69. The molecule has 0 amide bonds. The summed E-state index contributed by atoms with van der Waals surface area (Å²) in [5.74, 6) is 2.17. The van der Waals surface area contributed by atoms with Crippen LogP contribution in [0.25, 0.3) is 0 Å². The molecule has 0 bridgehead atoms. The van der Waals surface area contributed by atoms with Crippen LogP contribution in [0.1, 0.15) is 39.0 Å². The maximum Gasteiger partial charge on any atom is 0.149 e. The summed E-state index contributed by atoms with van der Waals surface area (Å²) in [6.07, 6.45) is 6.39. The van der Waals surface area contributed by atoms with Gasteiger partial charge < -0.3 is 16.8 Å². The van der Waals surface area contributed by atoms with Gasteiger partial charge in [0.05, 0.1) is 5.69 Å². The quantitative estimate of drug-likeness (QED) is 0.751. The summed E-state index contributed by atoms with van der Waals surface area (Å²) >= 11 is 0. The van der Waals surface area contributed by atoms with E-state index in [0.717, 1.165) is 11.7 Å². The van der Waals surface area contributed by atoms with Gasteiger partial charge in [-0.2, -0.15) is 0 Å². The van der Waals surface area contributed by atoms with Gasteiger partial charge in [0.2, 0.25) is 0 Å². The normalized spacial score (nSPS) is 24.5. The summed E-state index contributed by atoms with van der Waals surface area (Å²) in [5, 5.41) is 3.45. The number of rotatable bonds is 3. The highest BCUT2D eigenvalue weighted by Crippen LogP contribution is 2.28. The molecule has 5 N–H and O–H groups in total. The van der Waals surface area contributed by atoms with E-state index in [0.29, 0.717) is 17.5 Å². The number of hydrogen-bond donors (Lipinski definition) is 3. The van der Waals surface area contributed by atoms with E-state index in [1.165, 1.54) is 32.1 Å². The molecule has 1 aromatic heterocycles. The molecule has 94 valence electrons. The number of nitrogens with one attached hydrogen (secondary N) is 1. The summed E-state index contributed by atoms with van der Waals surface area (Å²) in [5.41, 5.74) is 11.9. The second kappa shape index (κ2) is 5.25. The van der Waals surface area contributed by atoms with E-state index >= 15 is 0 Å². The predicted octanol–water partition coefficient (Wildman–Crippen LogP) is 2.63. The Morgan fingerprint density at radius 2 is 1.94 bits per heavy atom. The van der Waals surface area contributed by atoms with Crippen molar-refractivity contribution in [2.45, 2.75) is 45.1 Å². The predicted molar refractivity (Wildman–Crippen MR) is 72.7 cm³/mol. The van der Waals surface area contributed by atoms with Crippen LogP contribution in [0.4, 0.5) is 17.3 Å². The number of anilines is 3. The molecule has 4 nitrogen and oxygen atoms in total. The van der Waals surface area contributed by atoms with Crippen molar-refractivity contribution in [1.82, 2.24) is 4.98 Å². The first kappa shape index (κ1) is 12.0. The van der Waals surface area contributed by atoms with Gasteiger partial charge in [-0.25, -0.2) is 4.98 Å². The Hall–Kier alpha value is -1.45. The third-order valence-corrected chi connectivity index (χ3v) is 3.73. The summed E-state index contributed by atoms with van der Waals surface area (Å²) in [6.45, 7) is 2.28. The van der Waals surface area contributed by atoms with Gasteiger partial charge in [0.15, 0.2) is 0 Å². The van der Waals surface area contributed by atoms with E-state index in [9.17, 15) is 0 Å². The van der Waals surface area contributed by atoms with Crippen LogP contribution >= 0.6 is 0 Å². The van der Waals surface area contributed by atoms with Crippen LogP contribution in [0.3, 0.4) is 0 Å². The van der Waals surface area contributed by atoms with Crippen molar-refractivity contribution >= 4 is 17.3 Å². The molecule has 0 radical (unpaired) electrons. The molecule has 0 spiro atoms. The zero-order chi connectivity index (χ0) is 12.3. The maximum atomic E-state index is 5.69. The Bertz CT molecular complexity index is 370. The minimum Gasteiger partial charge on any atom is -0.396 e. The van der Waals surface area contributed by atoms with Crippen molar-refractivity contribution in [3.63, 3.8) is 0 Å². The van der Waals surface area contributed by atoms with Crippen molar-refractivity contribution in [2.75, 3.05) is 16.8 Å². The third-order valence-electron chi connectivity index (χ3n) is 3.73. The first-order chi connectivity index (χ1) is 8.19. The Morgan fingerprint density at radius 1 is 1.24 bits per heavy atom. The van der Waals surface area contributed by atoms with Crippen LogP contribution in [-0.4, -0.2) is 11.0 Å². The lowest BCUT2D eigenvalue weighted by atomic mass is 9.84. The zero-order valence-corrected chi connectivity index (χ0v) is 10.4. The van der Waals surface area contributed by atoms with Gasteiger partial charge in [-0.3, -0.25) is 0 Å². The lowest BCUT2D eigenvalue weighted by molar-refractivity contribution is 0.330. The van der Waals surface area contributed by atoms with Gasteiger partial charge in [0, 0.05) is 6.04 Å². The van der Waals surface area contributed by atoms with Crippen molar-refractivity contribution in [3.8, 4) is 0 Å². The third kappa shape index (κ3) is 3.02. The molecule has 2 rings (SSSR count). The lowest BCUT2D eigenvalue weighted by Crippen LogP contribution is -2.26. The van der Waals surface area contributed by atoms with Crippen LogP contribution in [0.5, 0.6) is 0 Å². The monoisotopic (exact) mass is 234 g/mol. The minimum absolute atomic E-state index is 0.414. The Morgan fingerprint density at radius 3 is 2.53 bits per heavy atom. The fourth-order valence-corrected chi connectivity index (χ4v) is 2.49. The van der Waals surface area contributed by atoms with Gasteiger partial charge in [-0.15, -0.1) is 0 Å². The molecule has 0 unspecified atom stereocenters. The molecule has 0 atom stereocenters. The van der Waals surface area contributed by atoms with E-state index in [4.69, 9.17) is 11.5 Å². The summed E-state index contributed by atoms with van der Waals surface area (Å²) in [4.78, 5) is 4.25. The van der Waals surface area contributed by atoms with E-state index in [-0.39, 0.29) is 0 Å². The topological polar surface area (TPSA) is 77.0 Å². The first-order valence-electron chi connectivity index (χ1n) is 6.47. The highest BCUT2D eigenvalue weighted by atomic mass is 15.0. The second-order valence-electron chi connectivity index (χ2n) is 4.94. The molecule has 0 aliphatic heterocycles. The van der Waals surface area contributed by atoms with Crippen LogP contribution < -0.4 is 16.8 Å². The SMILES string of the molecule is CCC1CCC(Nc2ccc(N)c(N)n2)CC1. The number of nitrogens with two attached hydrogens (primary N) is 2. The highest BCUT2D eigenvalue weighted by Gasteiger charge is 2.19. The van der Waals surface area contributed by atoms with Crippen LogP contribution in [0.15, 0.2) is 12.1 Å². The smallest absolute Gasteiger partial charge is 0.149 e. The van der Waals surface area contributed by atoms with Crippen LogP contribution in [0.2, 0.25) is 0 Å². The Balaban J connectivity index is 1.91. The molecular formula is C13H22N4. The van der Waals surface area contributed by atoms with Crippen LogP contribution in [0, 0.1) is 5.92 Å². The van der Waals surface area contributed by atoms with Crippen LogP contribution in [-0.2, 0) is 0 Å². The molecule has 1 heterocycles. The van der Waals surface area contributed by atoms with Gasteiger partial charge in [0.1, 0.15) is 11.6 Å². The van der Waals surface area contributed by atoms with Crippen molar-refractivity contribution in [1.29, 1.82) is 0 Å². The largest absolute Gasteiger partial charge is 0.396 e. The number of nitrogen functional groups attached to an aromatic ring is 2. The molecule has 1 aromatic rings. The van der Waals surface area contributed by atoms with Crippen molar-refractivity contribution in [3.05, 3.63) is 12.1 Å². The first-order valence-corrected chi connectivity index (χ1v) is 6.47. The average Bonchev–Trinajstić information content (AvgIpc) is 2.35. The fraction of sp³-hybridized carbons (Fsp3) is 0.615. The van der Waals surface area contributed by atoms with E-state index < -0.39 is 0 Å². The van der Waals surface area contributed by atoms with Crippen molar-refractivity contribution < 1.29 is 0 Å². The molecular weight excluding hydrogens is 212 g/mol.